The number of ketones is 1. The van der Waals surface area contributed by atoms with E-state index in [-0.39, 0.29) is 5.78 Å². The van der Waals surface area contributed by atoms with Crippen molar-refractivity contribution in [1.29, 1.82) is 0 Å². The molecule has 0 aliphatic rings. The molecule has 0 bridgehead atoms. The maximum absolute atomic E-state index is 12.9. The van der Waals surface area contributed by atoms with Gasteiger partial charge in [-0.05, 0) is 59.7 Å². The van der Waals surface area contributed by atoms with Gasteiger partial charge in [0.05, 0.1) is 5.69 Å². The molecule has 2 aromatic carbocycles. The van der Waals surface area contributed by atoms with Gasteiger partial charge in [0.25, 0.3) is 0 Å². The van der Waals surface area contributed by atoms with Gasteiger partial charge in [-0.15, -0.1) is 0 Å². The highest BCUT2D eigenvalue weighted by Crippen LogP contribution is 2.22. The van der Waals surface area contributed by atoms with Crippen LogP contribution in [0.1, 0.15) is 16.8 Å². The van der Waals surface area contributed by atoms with Crippen LogP contribution in [0.2, 0.25) is 10.0 Å². The van der Waals surface area contributed by atoms with Crippen LogP contribution in [-0.4, -0.2) is 10.4 Å². The van der Waals surface area contributed by atoms with Crippen molar-refractivity contribution >= 4 is 46.7 Å². The van der Waals surface area contributed by atoms with Crippen LogP contribution >= 0.6 is 23.2 Å². The van der Waals surface area contributed by atoms with Crippen LogP contribution in [0.25, 0.3) is 17.7 Å². The number of carbonyl (C=O) groups excluding carboxylic acids is 1. The van der Waals surface area contributed by atoms with Gasteiger partial charge in [-0.3, -0.25) is 4.79 Å². The van der Waals surface area contributed by atoms with Crippen LogP contribution in [0.15, 0.2) is 72.9 Å². The Kier molecular flexibility index (Phi) is 5.77. The molecule has 4 heteroatoms. The second kappa shape index (κ2) is 8.22. The molecule has 0 spiro atoms. The zero-order chi connectivity index (χ0) is 18.5. The highest BCUT2D eigenvalue weighted by molar-refractivity contribution is 6.31. The van der Waals surface area contributed by atoms with Gasteiger partial charge in [-0.1, -0.05) is 53.5 Å². The van der Waals surface area contributed by atoms with Gasteiger partial charge < -0.3 is 4.57 Å². The van der Waals surface area contributed by atoms with Gasteiger partial charge in [0.15, 0.2) is 5.78 Å². The summed E-state index contributed by atoms with van der Waals surface area (Å²) in [7, 11) is 1.92. The number of rotatable bonds is 5. The van der Waals surface area contributed by atoms with E-state index in [4.69, 9.17) is 23.2 Å². The lowest BCUT2D eigenvalue weighted by Crippen LogP contribution is -2.03. The smallest absolute Gasteiger partial charge is 0.187 e. The lowest BCUT2D eigenvalue weighted by molar-refractivity contribution is -0.109. The molecule has 3 aromatic rings. The van der Waals surface area contributed by atoms with Crippen molar-refractivity contribution in [1.82, 2.24) is 4.57 Å². The van der Waals surface area contributed by atoms with Gasteiger partial charge in [-0.2, -0.15) is 0 Å². The molecule has 0 aliphatic carbocycles. The first-order chi connectivity index (χ1) is 12.5. The molecular weight excluding hydrogens is 365 g/mol. The largest absolute Gasteiger partial charge is 0.350 e. The average molecular weight is 382 g/mol. The van der Waals surface area contributed by atoms with Crippen molar-refractivity contribution in [3.05, 3.63) is 99.8 Å². The third-order valence-electron chi connectivity index (χ3n) is 3.96. The molecule has 0 aliphatic heterocycles. The summed E-state index contributed by atoms with van der Waals surface area (Å²) >= 11 is 11.9. The van der Waals surface area contributed by atoms with Crippen molar-refractivity contribution in [3.63, 3.8) is 0 Å². The summed E-state index contributed by atoms with van der Waals surface area (Å²) in [6.07, 6.45) is 7.16. The molecule has 0 unspecified atom stereocenters. The van der Waals surface area contributed by atoms with E-state index in [9.17, 15) is 4.79 Å². The van der Waals surface area contributed by atoms with Gasteiger partial charge in [-0.25, -0.2) is 0 Å². The number of benzene rings is 2. The summed E-state index contributed by atoms with van der Waals surface area (Å²) in [6, 6.07) is 18.6. The summed E-state index contributed by atoms with van der Waals surface area (Å²) in [5.74, 6) is -0.0725. The van der Waals surface area contributed by atoms with Crippen molar-refractivity contribution in [3.8, 4) is 0 Å². The van der Waals surface area contributed by atoms with Crippen LogP contribution in [0.4, 0.5) is 0 Å². The van der Waals surface area contributed by atoms with Crippen LogP contribution in [0.5, 0.6) is 0 Å². The first-order valence-corrected chi connectivity index (χ1v) is 8.85. The number of halogens is 2. The fourth-order valence-corrected chi connectivity index (χ4v) is 2.83. The number of aryl methyl sites for hydroxylation is 1. The number of nitrogens with zero attached hydrogens (tertiary/aromatic N) is 1. The van der Waals surface area contributed by atoms with E-state index >= 15 is 0 Å². The van der Waals surface area contributed by atoms with E-state index < -0.39 is 0 Å². The second-order valence-corrected chi connectivity index (χ2v) is 6.74. The molecular formula is C22H17Cl2NO. The number of hydrogen-bond acceptors (Lipinski definition) is 1. The zero-order valence-corrected chi connectivity index (χ0v) is 15.7. The summed E-state index contributed by atoms with van der Waals surface area (Å²) in [5, 5.41) is 1.33. The van der Waals surface area contributed by atoms with Crippen LogP contribution < -0.4 is 0 Å². The van der Waals surface area contributed by atoms with Crippen molar-refractivity contribution < 1.29 is 4.79 Å². The molecule has 0 radical (unpaired) electrons. The minimum Gasteiger partial charge on any atom is -0.350 e. The van der Waals surface area contributed by atoms with E-state index in [1.807, 2.05) is 72.4 Å². The monoisotopic (exact) mass is 381 g/mol. The van der Waals surface area contributed by atoms with E-state index in [0.29, 0.717) is 15.6 Å². The summed E-state index contributed by atoms with van der Waals surface area (Å²) in [5.41, 5.74) is 3.30. The predicted octanol–water partition coefficient (Wildman–Crippen LogP) is 6.16. The molecule has 1 heterocycles. The topological polar surface area (TPSA) is 22.0 Å². The molecule has 0 saturated carbocycles. The number of carbonyl (C=O) groups is 1. The normalized spacial score (nSPS) is 11.9. The van der Waals surface area contributed by atoms with Crippen molar-refractivity contribution in [2.75, 3.05) is 0 Å². The van der Waals surface area contributed by atoms with Crippen molar-refractivity contribution in [2.24, 2.45) is 7.05 Å². The average Bonchev–Trinajstić information content (AvgIpc) is 3.06. The molecule has 26 heavy (non-hydrogen) atoms. The van der Waals surface area contributed by atoms with E-state index in [1.54, 1.807) is 24.3 Å². The molecule has 2 nitrogen and oxygen atoms in total. The predicted molar refractivity (Wildman–Crippen MR) is 110 cm³/mol. The molecule has 0 atom stereocenters. The Morgan fingerprint density at radius 1 is 0.885 bits per heavy atom. The highest BCUT2D eigenvalue weighted by Gasteiger charge is 2.12. The SMILES string of the molecule is Cn1cccc1/C(=C/c1ccc(Cl)cc1)C(=O)/C=C\c1ccc(Cl)cc1. The fraction of sp³-hybridized carbons (Fsp3) is 0.0455. The number of hydrogen-bond donors (Lipinski definition) is 0. The molecule has 0 amide bonds. The third-order valence-corrected chi connectivity index (χ3v) is 4.47. The van der Waals surface area contributed by atoms with Crippen LogP contribution in [0, 0.1) is 0 Å². The summed E-state index contributed by atoms with van der Waals surface area (Å²) in [4.78, 5) is 12.9. The fourth-order valence-electron chi connectivity index (χ4n) is 2.57. The summed E-state index contributed by atoms with van der Waals surface area (Å²) < 4.78 is 1.93. The highest BCUT2D eigenvalue weighted by atomic mass is 35.5. The standard InChI is InChI=1S/C22H17Cl2NO/c1-25-14-2-3-21(25)20(15-17-6-11-19(24)12-7-17)22(26)13-8-16-4-9-18(23)10-5-16/h2-15H,1H3/b13-8-,20-15-. The van der Waals surface area contributed by atoms with E-state index in [1.165, 1.54) is 0 Å². The Labute approximate surface area is 163 Å². The first-order valence-electron chi connectivity index (χ1n) is 8.10. The lowest BCUT2D eigenvalue weighted by Gasteiger charge is -2.07. The Bertz CT molecular complexity index is 964. The Balaban J connectivity index is 1.95. The Morgan fingerprint density at radius 3 is 2.00 bits per heavy atom. The quantitative estimate of drug-likeness (QED) is 0.485. The van der Waals surface area contributed by atoms with Gasteiger partial charge in [0, 0.05) is 28.9 Å². The zero-order valence-electron chi connectivity index (χ0n) is 14.2. The number of aromatic nitrogens is 1. The molecule has 1 aromatic heterocycles. The van der Waals surface area contributed by atoms with Gasteiger partial charge in [0.2, 0.25) is 0 Å². The molecule has 0 fully saturated rings. The molecule has 3 rings (SSSR count). The van der Waals surface area contributed by atoms with Crippen molar-refractivity contribution in [2.45, 2.75) is 0 Å². The lowest BCUT2D eigenvalue weighted by atomic mass is 10.0. The minimum atomic E-state index is -0.0725. The molecule has 130 valence electrons. The second-order valence-electron chi connectivity index (χ2n) is 5.86. The van der Waals surface area contributed by atoms with E-state index in [2.05, 4.69) is 0 Å². The Hall–Kier alpha value is -2.55. The molecule has 0 saturated heterocycles. The van der Waals surface area contributed by atoms with Crippen LogP contribution in [0.3, 0.4) is 0 Å². The van der Waals surface area contributed by atoms with Gasteiger partial charge in [0.1, 0.15) is 0 Å². The molecule has 0 N–H and O–H groups in total. The van der Waals surface area contributed by atoms with Crippen LogP contribution in [-0.2, 0) is 11.8 Å². The first kappa shape index (κ1) is 18.2. The number of allylic oxidation sites excluding steroid dienone is 2. The minimum absolute atomic E-state index is 0.0725. The summed E-state index contributed by atoms with van der Waals surface area (Å²) in [6.45, 7) is 0. The Morgan fingerprint density at radius 2 is 1.46 bits per heavy atom. The van der Waals surface area contributed by atoms with E-state index in [0.717, 1.165) is 16.8 Å². The maximum atomic E-state index is 12.9. The van der Waals surface area contributed by atoms with Gasteiger partial charge >= 0.3 is 0 Å². The maximum Gasteiger partial charge on any atom is 0.187 e. The third kappa shape index (κ3) is 4.54.